The molecule has 2 rings (SSSR count). The fraction of sp³-hybridized carbons (Fsp3) is 0.533. The molecule has 0 radical (unpaired) electrons. The van der Waals surface area contributed by atoms with E-state index in [9.17, 15) is 13.2 Å². The largest absolute Gasteiger partial charge is 0.497 e. The van der Waals surface area contributed by atoms with Gasteiger partial charge in [0.15, 0.2) is 0 Å². The molecule has 122 valence electrons. The van der Waals surface area contributed by atoms with Gasteiger partial charge in [-0.3, -0.25) is 4.79 Å². The molecule has 0 saturated carbocycles. The molecule has 1 N–H and O–H groups in total. The Morgan fingerprint density at radius 3 is 2.91 bits per heavy atom. The molecule has 0 bridgehead atoms. The van der Waals surface area contributed by atoms with Crippen molar-refractivity contribution in [3.05, 3.63) is 29.8 Å². The summed E-state index contributed by atoms with van der Waals surface area (Å²) in [6.45, 7) is 0.846. The summed E-state index contributed by atoms with van der Waals surface area (Å²) in [5.74, 6) is 0.747. The molecule has 1 aliphatic heterocycles. The molecule has 7 heteroatoms. The lowest BCUT2D eigenvalue weighted by molar-refractivity contribution is -0.131. The van der Waals surface area contributed by atoms with Crippen molar-refractivity contribution in [1.29, 1.82) is 0 Å². The van der Waals surface area contributed by atoms with Crippen molar-refractivity contribution >= 4 is 15.9 Å². The van der Waals surface area contributed by atoms with Gasteiger partial charge in [0, 0.05) is 19.5 Å². The normalized spacial score (nSPS) is 18.5. The van der Waals surface area contributed by atoms with Gasteiger partial charge in [-0.2, -0.15) is 0 Å². The molecule has 1 heterocycles. The van der Waals surface area contributed by atoms with Crippen LogP contribution in [0.1, 0.15) is 30.9 Å². The fourth-order valence-corrected chi connectivity index (χ4v) is 3.22. The van der Waals surface area contributed by atoms with Gasteiger partial charge in [0.05, 0.1) is 19.4 Å². The van der Waals surface area contributed by atoms with Crippen LogP contribution in [0, 0.1) is 0 Å². The molecule has 0 aromatic heterocycles. The smallest absolute Gasteiger partial charge is 0.224 e. The Bertz CT molecular complexity index is 630. The van der Waals surface area contributed by atoms with Gasteiger partial charge in [-0.25, -0.2) is 13.1 Å². The zero-order valence-corrected chi connectivity index (χ0v) is 13.7. The maximum atomic E-state index is 12.3. The van der Waals surface area contributed by atoms with Crippen molar-refractivity contribution in [3.63, 3.8) is 0 Å². The van der Waals surface area contributed by atoms with Crippen LogP contribution in [-0.2, 0) is 14.8 Å². The van der Waals surface area contributed by atoms with Crippen LogP contribution in [-0.4, -0.2) is 45.7 Å². The van der Waals surface area contributed by atoms with E-state index in [0.717, 1.165) is 30.4 Å². The summed E-state index contributed by atoms with van der Waals surface area (Å²) in [6.07, 6.45) is 3.13. The number of rotatable bonds is 6. The Balaban J connectivity index is 2.02. The minimum atomic E-state index is -3.26. The van der Waals surface area contributed by atoms with Gasteiger partial charge in [0.2, 0.25) is 15.9 Å². The zero-order chi connectivity index (χ0) is 16.2. The maximum Gasteiger partial charge on any atom is 0.224 e. The van der Waals surface area contributed by atoms with Gasteiger partial charge >= 0.3 is 0 Å². The number of carbonyl (C=O) groups excluding carboxylic acids is 1. The summed E-state index contributed by atoms with van der Waals surface area (Å²) >= 11 is 0. The maximum absolute atomic E-state index is 12.3. The summed E-state index contributed by atoms with van der Waals surface area (Å²) < 4.78 is 29.7. The molecular weight excluding hydrogens is 304 g/mol. The molecule has 22 heavy (non-hydrogen) atoms. The van der Waals surface area contributed by atoms with Crippen LogP contribution >= 0.6 is 0 Å². The number of sulfonamides is 1. The van der Waals surface area contributed by atoms with E-state index >= 15 is 0 Å². The number of amides is 1. The minimum absolute atomic E-state index is 0.0264. The molecule has 0 aliphatic carbocycles. The first-order chi connectivity index (χ1) is 10.4. The second kappa shape index (κ2) is 7.11. The van der Waals surface area contributed by atoms with Gasteiger partial charge in [-0.15, -0.1) is 0 Å². The van der Waals surface area contributed by atoms with E-state index in [1.165, 1.54) is 0 Å². The molecule has 1 saturated heterocycles. The third kappa shape index (κ3) is 4.45. The number of ether oxygens (including phenoxy) is 1. The van der Waals surface area contributed by atoms with E-state index in [1.54, 1.807) is 7.11 Å². The number of likely N-dealkylation sites (tertiary alicyclic amines) is 1. The molecule has 1 amide bonds. The first-order valence-corrected chi connectivity index (χ1v) is 9.18. The Morgan fingerprint density at radius 2 is 2.23 bits per heavy atom. The third-order valence-corrected chi connectivity index (χ3v) is 4.48. The van der Waals surface area contributed by atoms with Gasteiger partial charge in [-0.05, 0) is 30.5 Å². The summed E-state index contributed by atoms with van der Waals surface area (Å²) in [5, 5.41) is 0. The average molecular weight is 326 g/mol. The summed E-state index contributed by atoms with van der Waals surface area (Å²) in [7, 11) is -1.64. The van der Waals surface area contributed by atoms with Crippen LogP contribution in [0.3, 0.4) is 0 Å². The predicted molar refractivity (Wildman–Crippen MR) is 84.1 cm³/mol. The highest BCUT2D eigenvalue weighted by Gasteiger charge is 2.29. The van der Waals surface area contributed by atoms with Crippen LogP contribution in [0.25, 0.3) is 0 Å². The number of methoxy groups -OCH3 is 1. The lowest BCUT2D eigenvalue weighted by Gasteiger charge is -2.25. The number of nitrogens with zero attached hydrogens (tertiary/aromatic N) is 1. The second-order valence-electron chi connectivity index (χ2n) is 5.44. The number of hydrogen-bond donors (Lipinski definition) is 1. The highest BCUT2D eigenvalue weighted by Crippen LogP contribution is 2.33. The topological polar surface area (TPSA) is 75.7 Å². The summed E-state index contributed by atoms with van der Waals surface area (Å²) in [6, 6.07) is 7.78. The molecule has 1 aliphatic rings. The number of nitrogens with one attached hydrogen (secondary N) is 1. The van der Waals surface area contributed by atoms with Gasteiger partial charge in [0.25, 0.3) is 0 Å². The molecule has 6 nitrogen and oxygen atoms in total. The van der Waals surface area contributed by atoms with Crippen LogP contribution in [0.2, 0.25) is 0 Å². The van der Waals surface area contributed by atoms with E-state index in [2.05, 4.69) is 4.72 Å². The first-order valence-electron chi connectivity index (χ1n) is 7.29. The Morgan fingerprint density at radius 1 is 1.45 bits per heavy atom. The van der Waals surface area contributed by atoms with E-state index in [4.69, 9.17) is 4.74 Å². The van der Waals surface area contributed by atoms with Crippen LogP contribution in [0.5, 0.6) is 5.75 Å². The second-order valence-corrected chi connectivity index (χ2v) is 7.27. The highest BCUT2D eigenvalue weighted by molar-refractivity contribution is 7.88. The third-order valence-electron chi connectivity index (χ3n) is 3.75. The Labute approximate surface area is 131 Å². The van der Waals surface area contributed by atoms with Gasteiger partial charge in [0.1, 0.15) is 5.75 Å². The van der Waals surface area contributed by atoms with Crippen molar-refractivity contribution in [2.45, 2.75) is 25.3 Å². The average Bonchev–Trinajstić information content (AvgIpc) is 2.95. The number of hydrogen-bond acceptors (Lipinski definition) is 4. The molecule has 1 fully saturated rings. The standard InChI is InChI=1S/C15H22N2O4S/c1-21-13-6-3-5-12(11-13)14-7-4-10-17(14)15(18)8-9-16-22(2,19)20/h3,5-6,11,14,16H,4,7-10H2,1-2H3/t14-/m1/s1. The molecule has 1 atom stereocenters. The van der Waals surface area contributed by atoms with Crippen molar-refractivity contribution < 1.29 is 17.9 Å². The lowest BCUT2D eigenvalue weighted by atomic mass is 10.0. The van der Waals surface area contributed by atoms with E-state index in [-0.39, 0.29) is 24.9 Å². The van der Waals surface area contributed by atoms with Crippen molar-refractivity contribution in [3.8, 4) is 5.75 Å². The van der Waals surface area contributed by atoms with E-state index < -0.39 is 10.0 Å². The van der Waals surface area contributed by atoms with Crippen LogP contribution in [0.15, 0.2) is 24.3 Å². The quantitative estimate of drug-likeness (QED) is 0.855. The minimum Gasteiger partial charge on any atom is -0.497 e. The zero-order valence-electron chi connectivity index (χ0n) is 12.9. The fourth-order valence-electron chi connectivity index (χ4n) is 2.75. The SMILES string of the molecule is COc1cccc([C@H]2CCCN2C(=O)CCNS(C)(=O)=O)c1. The van der Waals surface area contributed by atoms with Crippen molar-refractivity contribution in [2.24, 2.45) is 0 Å². The number of benzene rings is 1. The first kappa shape index (κ1) is 16.8. The molecule has 1 aromatic rings. The Hall–Kier alpha value is -1.60. The Kier molecular flexibility index (Phi) is 5.42. The lowest BCUT2D eigenvalue weighted by Crippen LogP contribution is -2.34. The van der Waals surface area contributed by atoms with Crippen LogP contribution in [0.4, 0.5) is 0 Å². The summed E-state index contributed by atoms with van der Waals surface area (Å²) in [5.41, 5.74) is 1.06. The number of carbonyl (C=O) groups is 1. The summed E-state index contributed by atoms with van der Waals surface area (Å²) in [4.78, 5) is 14.2. The van der Waals surface area contributed by atoms with E-state index in [0.29, 0.717) is 6.54 Å². The van der Waals surface area contributed by atoms with E-state index in [1.807, 2.05) is 29.2 Å². The van der Waals surface area contributed by atoms with Gasteiger partial charge < -0.3 is 9.64 Å². The van der Waals surface area contributed by atoms with Crippen molar-refractivity contribution in [1.82, 2.24) is 9.62 Å². The highest BCUT2D eigenvalue weighted by atomic mass is 32.2. The monoisotopic (exact) mass is 326 g/mol. The predicted octanol–water partition coefficient (Wildman–Crippen LogP) is 1.30. The molecule has 1 aromatic carbocycles. The molecular formula is C15H22N2O4S. The van der Waals surface area contributed by atoms with Crippen LogP contribution < -0.4 is 9.46 Å². The molecule has 0 spiro atoms. The molecule has 0 unspecified atom stereocenters. The van der Waals surface area contributed by atoms with Crippen molar-refractivity contribution in [2.75, 3.05) is 26.5 Å². The van der Waals surface area contributed by atoms with Gasteiger partial charge in [-0.1, -0.05) is 12.1 Å².